The summed E-state index contributed by atoms with van der Waals surface area (Å²) in [6, 6.07) is 8.22. The van der Waals surface area contributed by atoms with E-state index in [1.165, 1.54) is 6.07 Å². The van der Waals surface area contributed by atoms with Crippen LogP contribution in [0.2, 0.25) is 5.02 Å². The number of para-hydroxylation sites is 1. The lowest BCUT2D eigenvalue weighted by atomic mass is 10.1. The van der Waals surface area contributed by atoms with Crippen LogP contribution >= 0.6 is 11.6 Å². The third kappa shape index (κ3) is 4.17. The van der Waals surface area contributed by atoms with Crippen LogP contribution in [0.4, 0.5) is 13.2 Å². The molecule has 0 fully saturated rings. The van der Waals surface area contributed by atoms with Gasteiger partial charge in [-0.3, -0.25) is 0 Å². The van der Waals surface area contributed by atoms with Gasteiger partial charge in [-0.2, -0.15) is 13.2 Å². The van der Waals surface area contributed by atoms with Crippen molar-refractivity contribution in [2.45, 2.75) is 25.6 Å². The second-order valence-electron chi connectivity index (χ2n) is 6.64. The van der Waals surface area contributed by atoms with E-state index >= 15 is 0 Å². The predicted octanol–water partition coefficient (Wildman–Crippen LogP) is 5.15. The van der Waals surface area contributed by atoms with Crippen LogP contribution in [0, 0.1) is 0 Å². The first-order valence-corrected chi connectivity index (χ1v) is 9.40. The Balaban J connectivity index is 1.79. The van der Waals surface area contributed by atoms with E-state index in [2.05, 4.69) is 9.98 Å². The third-order valence-electron chi connectivity index (χ3n) is 4.49. The molecule has 0 radical (unpaired) electrons. The van der Waals surface area contributed by atoms with Crippen molar-refractivity contribution in [2.24, 2.45) is 4.99 Å². The number of pyridine rings is 1. The van der Waals surface area contributed by atoms with Gasteiger partial charge in [0.2, 0.25) is 5.90 Å². The van der Waals surface area contributed by atoms with Gasteiger partial charge in [-0.25, -0.2) is 9.98 Å². The van der Waals surface area contributed by atoms with Gasteiger partial charge in [0.25, 0.3) is 0 Å². The molecule has 0 bridgehead atoms. The number of hydrogen-bond acceptors (Lipinski definition) is 4. The van der Waals surface area contributed by atoms with Crippen molar-refractivity contribution in [1.82, 2.24) is 9.38 Å². The van der Waals surface area contributed by atoms with E-state index in [0.29, 0.717) is 40.0 Å². The Bertz CT molecular complexity index is 1080. The van der Waals surface area contributed by atoms with Crippen LogP contribution in [0.25, 0.3) is 16.8 Å². The maximum Gasteiger partial charge on any atom is 0.422 e. The summed E-state index contributed by atoms with van der Waals surface area (Å²) in [5.41, 5.74) is 2.06. The molecule has 1 unspecified atom stereocenters. The fraction of sp³-hybridized carbons (Fsp3) is 0.300. The Hall–Kier alpha value is -2.74. The highest BCUT2D eigenvalue weighted by molar-refractivity contribution is 6.31. The molecule has 1 atom stereocenters. The average molecular weight is 424 g/mol. The summed E-state index contributed by atoms with van der Waals surface area (Å²) in [6.07, 6.45) is -0.174. The summed E-state index contributed by atoms with van der Waals surface area (Å²) >= 11 is 6.26. The predicted molar refractivity (Wildman–Crippen MR) is 104 cm³/mol. The average Bonchev–Trinajstić information content (AvgIpc) is 3.32. The van der Waals surface area contributed by atoms with Crippen molar-refractivity contribution in [3.05, 3.63) is 53.4 Å². The Morgan fingerprint density at radius 1 is 1.24 bits per heavy atom. The Morgan fingerprint density at radius 2 is 2.03 bits per heavy atom. The summed E-state index contributed by atoms with van der Waals surface area (Å²) in [5, 5.41) is 0.405. The highest BCUT2D eigenvalue weighted by atomic mass is 35.5. The summed E-state index contributed by atoms with van der Waals surface area (Å²) in [5.74, 6) is 0.545. The monoisotopic (exact) mass is 423 g/mol. The topological polar surface area (TPSA) is 48.1 Å². The van der Waals surface area contributed by atoms with Crippen molar-refractivity contribution >= 4 is 23.1 Å². The van der Waals surface area contributed by atoms with Crippen molar-refractivity contribution in [2.75, 3.05) is 13.2 Å². The van der Waals surface area contributed by atoms with E-state index in [0.717, 1.165) is 6.42 Å². The number of ether oxygens (including phenoxy) is 2. The molecule has 0 spiro atoms. The molecule has 5 nitrogen and oxygen atoms in total. The minimum absolute atomic E-state index is 0.0920. The van der Waals surface area contributed by atoms with Crippen LogP contribution in [0.5, 0.6) is 5.75 Å². The molecule has 0 amide bonds. The molecule has 4 rings (SSSR count). The molecular formula is C20H17ClF3N3O2. The SMILES string of the molecule is CCC1COC(c2cn3cc(Cl)cc(-c4ccccc4OCC(F)(F)F)c3n2)=N1. The van der Waals surface area contributed by atoms with E-state index in [1.54, 1.807) is 41.1 Å². The van der Waals surface area contributed by atoms with Crippen LogP contribution in [-0.4, -0.2) is 40.7 Å². The van der Waals surface area contributed by atoms with Gasteiger partial charge in [-0.15, -0.1) is 0 Å². The summed E-state index contributed by atoms with van der Waals surface area (Å²) in [6.45, 7) is 1.14. The van der Waals surface area contributed by atoms with Crippen LogP contribution in [0.15, 0.2) is 47.7 Å². The molecular weight excluding hydrogens is 407 g/mol. The van der Waals surface area contributed by atoms with Crippen LogP contribution in [-0.2, 0) is 4.74 Å². The maximum absolute atomic E-state index is 12.6. The van der Waals surface area contributed by atoms with Gasteiger partial charge < -0.3 is 13.9 Å². The molecule has 0 saturated carbocycles. The first kappa shape index (κ1) is 19.6. The number of rotatable bonds is 5. The second-order valence-corrected chi connectivity index (χ2v) is 7.07. The number of halogens is 4. The van der Waals surface area contributed by atoms with Gasteiger partial charge >= 0.3 is 6.18 Å². The fourth-order valence-corrected chi connectivity index (χ4v) is 3.32. The van der Waals surface area contributed by atoms with Crippen molar-refractivity contribution < 1.29 is 22.6 Å². The van der Waals surface area contributed by atoms with Gasteiger partial charge in [-0.05, 0) is 18.6 Å². The summed E-state index contributed by atoms with van der Waals surface area (Å²) < 4.78 is 50.3. The van der Waals surface area contributed by atoms with Crippen molar-refractivity contribution in [3.63, 3.8) is 0 Å². The highest BCUT2D eigenvalue weighted by Crippen LogP contribution is 2.35. The van der Waals surface area contributed by atoms with Gasteiger partial charge in [0.1, 0.15) is 23.7 Å². The van der Waals surface area contributed by atoms with Crippen LogP contribution in [0.3, 0.4) is 0 Å². The summed E-state index contributed by atoms with van der Waals surface area (Å²) in [7, 11) is 0. The first-order chi connectivity index (χ1) is 13.8. The van der Waals surface area contributed by atoms with Gasteiger partial charge in [-0.1, -0.05) is 36.7 Å². The largest absolute Gasteiger partial charge is 0.483 e. The zero-order valence-electron chi connectivity index (χ0n) is 15.4. The molecule has 9 heteroatoms. The Morgan fingerprint density at radius 3 is 2.76 bits per heavy atom. The number of benzene rings is 1. The van der Waals surface area contributed by atoms with E-state index in [-0.39, 0.29) is 11.8 Å². The molecule has 3 aromatic rings. The van der Waals surface area contributed by atoms with Gasteiger partial charge in [0.15, 0.2) is 6.61 Å². The smallest absolute Gasteiger partial charge is 0.422 e. The van der Waals surface area contributed by atoms with E-state index in [4.69, 9.17) is 21.1 Å². The lowest BCUT2D eigenvalue weighted by molar-refractivity contribution is -0.153. The van der Waals surface area contributed by atoms with E-state index in [1.807, 2.05) is 6.92 Å². The Kier molecular flexibility index (Phi) is 5.12. The standard InChI is InChI=1S/C20H17ClF3N3O2/c1-2-13-10-28-19(25-13)16-9-27-8-12(21)7-15(18(27)26-16)14-5-3-4-6-17(14)29-11-20(22,23)24/h3-9,13H,2,10-11H2,1H3. The highest BCUT2D eigenvalue weighted by Gasteiger charge is 2.29. The quantitative estimate of drug-likeness (QED) is 0.570. The molecule has 2 aromatic heterocycles. The van der Waals surface area contributed by atoms with Crippen molar-refractivity contribution in [3.8, 4) is 16.9 Å². The molecule has 1 aliphatic heterocycles. The van der Waals surface area contributed by atoms with Crippen LogP contribution in [0.1, 0.15) is 19.0 Å². The lowest BCUT2D eigenvalue weighted by Crippen LogP contribution is -2.19. The number of alkyl halides is 3. The van der Waals surface area contributed by atoms with Gasteiger partial charge in [0, 0.05) is 23.5 Å². The zero-order chi connectivity index (χ0) is 20.6. The number of hydrogen-bond donors (Lipinski definition) is 0. The molecule has 0 aliphatic carbocycles. The van der Waals surface area contributed by atoms with E-state index in [9.17, 15) is 13.2 Å². The third-order valence-corrected chi connectivity index (χ3v) is 4.70. The maximum atomic E-state index is 12.6. The normalized spacial score (nSPS) is 16.7. The van der Waals surface area contributed by atoms with Gasteiger partial charge in [0.05, 0.1) is 11.1 Å². The number of aliphatic imine (C=N–C) groups is 1. The lowest BCUT2D eigenvalue weighted by Gasteiger charge is -2.14. The second kappa shape index (κ2) is 7.59. The van der Waals surface area contributed by atoms with E-state index < -0.39 is 12.8 Å². The molecule has 0 saturated heterocycles. The zero-order valence-corrected chi connectivity index (χ0v) is 16.2. The molecule has 29 heavy (non-hydrogen) atoms. The number of nitrogens with zero attached hydrogens (tertiary/aromatic N) is 3. The molecule has 1 aromatic carbocycles. The summed E-state index contributed by atoms with van der Waals surface area (Å²) in [4.78, 5) is 9.11. The minimum atomic E-state index is -4.44. The molecule has 1 aliphatic rings. The van der Waals surface area contributed by atoms with Crippen LogP contribution < -0.4 is 4.74 Å². The fourth-order valence-electron chi connectivity index (χ4n) is 3.10. The molecule has 3 heterocycles. The minimum Gasteiger partial charge on any atom is -0.483 e. The molecule has 152 valence electrons. The number of aromatic nitrogens is 2. The van der Waals surface area contributed by atoms with Crippen molar-refractivity contribution in [1.29, 1.82) is 0 Å². The number of fused-ring (bicyclic) bond motifs is 1. The number of imidazole rings is 1. The first-order valence-electron chi connectivity index (χ1n) is 9.02. The molecule has 0 N–H and O–H groups in total. The Labute approximate surface area is 169 Å².